The zero-order valence-corrected chi connectivity index (χ0v) is 15.8. The van der Waals surface area contributed by atoms with Crippen LogP contribution in [0.1, 0.15) is 0 Å². The Kier molecular flexibility index (Phi) is 5.07. The Morgan fingerprint density at radius 1 is 1.00 bits per heavy atom. The zero-order valence-electron chi connectivity index (χ0n) is 15.0. The van der Waals surface area contributed by atoms with Crippen LogP contribution in [0.15, 0.2) is 69.2 Å². The summed E-state index contributed by atoms with van der Waals surface area (Å²) in [4.78, 5) is 14.5. The lowest BCUT2D eigenvalue weighted by atomic mass is 10.3. The van der Waals surface area contributed by atoms with Gasteiger partial charge in [0.15, 0.2) is 0 Å². The topological polar surface area (TPSA) is 102 Å². The van der Waals surface area contributed by atoms with E-state index in [2.05, 4.69) is 10.2 Å². The molecule has 1 aliphatic heterocycles. The van der Waals surface area contributed by atoms with Gasteiger partial charge in [-0.05, 0) is 18.2 Å². The summed E-state index contributed by atoms with van der Waals surface area (Å²) >= 11 is 0. The average molecular weight is 401 g/mol. The van der Waals surface area contributed by atoms with E-state index in [-0.39, 0.29) is 5.56 Å². The van der Waals surface area contributed by atoms with E-state index in [0.29, 0.717) is 49.2 Å². The maximum atomic E-state index is 12.7. The summed E-state index contributed by atoms with van der Waals surface area (Å²) in [6, 6.07) is 11.5. The molecule has 0 atom stereocenters. The largest absolute Gasteiger partial charge is 0.423 e. The summed E-state index contributed by atoms with van der Waals surface area (Å²) in [6.45, 7) is 2.16. The molecular weight excluding hydrogens is 382 g/mol. The van der Waals surface area contributed by atoms with Crippen LogP contribution >= 0.6 is 0 Å². The number of hydrogen-bond donors (Lipinski definition) is 0. The number of hydrogen-bond acceptors (Lipinski definition) is 7. The molecular formula is C18H19N5O4S. The minimum absolute atomic E-state index is 0.150. The first-order chi connectivity index (χ1) is 13.5. The number of benzene rings is 1. The van der Waals surface area contributed by atoms with Crippen molar-refractivity contribution < 1.29 is 12.8 Å². The predicted molar refractivity (Wildman–Crippen MR) is 101 cm³/mol. The number of piperazine rings is 1. The van der Waals surface area contributed by atoms with Crippen LogP contribution in [0.25, 0.3) is 11.5 Å². The molecule has 0 unspecified atom stereocenters. The van der Waals surface area contributed by atoms with Crippen LogP contribution < -0.4 is 5.56 Å². The second-order valence-corrected chi connectivity index (χ2v) is 8.38. The van der Waals surface area contributed by atoms with Crippen molar-refractivity contribution in [1.82, 2.24) is 24.0 Å². The smallest absolute Gasteiger partial charge is 0.251 e. The van der Waals surface area contributed by atoms with Gasteiger partial charge < -0.3 is 8.98 Å². The van der Waals surface area contributed by atoms with Gasteiger partial charge in [-0.2, -0.15) is 4.31 Å². The van der Waals surface area contributed by atoms with Crippen molar-refractivity contribution in [1.29, 1.82) is 0 Å². The quantitative estimate of drug-likeness (QED) is 0.625. The van der Waals surface area contributed by atoms with Gasteiger partial charge in [0.2, 0.25) is 22.3 Å². The van der Waals surface area contributed by atoms with Gasteiger partial charge in [0.05, 0.1) is 17.1 Å². The first-order valence-corrected chi connectivity index (χ1v) is 10.2. The minimum atomic E-state index is -3.49. The molecule has 1 aliphatic rings. The van der Waals surface area contributed by atoms with Crippen molar-refractivity contribution in [2.75, 3.05) is 26.2 Å². The molecule has 0 saturated carbocycles. The van der Waals surface area contributed by atoms with Gasteiger partial charge in [0.25, 0.3) is 5.56 Å². The molecule has 1 fully saturated rings. The lowest BCUT2D eigenvalue weighted by Gasteiger charge is -2.34. The molecule has 0 amide bonds. The lowest BCUT2D eigenvalue weighted by molar-refractivity contribution is 0.150. The van der Waals surface area contributed by atoms with Gasteiger partial charge in [0.1, 0.15) is 0 Å². The van der Waals surface area contributed by atoms with Crippen LogP contribution in [-0.2, 0) is 16.7 Å². The molecule has 4 rings (SSSR count). The van der Waals surface area contributed by atoms with E-state index in [9.17, 15) is 13.2 Å². The molecule has 0 bridgehead atoms. The summed E-state index contributed by atoms with van der Waals surface area (Å²) in [7, 11) is -3.49. The summed E-state index contributed by atoms with van der Waals surface area (Å²) in [5, 5.41) is 7.50. The number of rotatable bonds is 5. The highest BCUT2D eigenvalue weighted by Crippen LogP contribution is 2.18. The second kappa shape index (κ2) is 7.66. The fourth-order valence-corrected chi connectivity index (χ4v) is 4.58. The standard InChI is InChI=1S/C18H19N5O4S/c24-17-7-6-15(18-20-19-13-27-18)12-22(17)14-21-8-10-23(11-9-21)28(25,26)16-4-2-1-3-5-16/h1-7,12-13H,8-11,14H2. The van der Waals surface area contributed by atoms with Crippen molar-refractivity contribution in [2.45, 2.75) is 11.6 Å². The van der Waals surface area contributed by atoms with Gasteiger partial charge in [-0.25, -0.2) is 8.42 Å². The van der Waals surface area contributed by atoms with Gasteiger partial charge in [-0.3, -0.25) is 9.69 Å². The SMILES string of the molecule is O=c1ccc(-c2nnco2)cn1CN1CCN(S(=O)(=O)c2ccccc2)CC1. The van der Waals surface area contributed by atoms with Crippen LogP contribution in [-0.4, -0.2) is 58.6 Å². The average Bonchev–Trinajstić information content (AvgIpc) is 3.26. The lowest BCUT2D eigenvalue weighted by Crippen LogP contribution is -2.49. The van der Waals surface area contributed by atoms with E-state index in [1.807, 2.05) is 4.90 Å². The molecule has 1 aromatic carbocycles. The van der Waals surface area contributed by atoms with E-state index < -0.39 is 10.0 Å². The fraction of sp³-hybridized carbons (Fsp3) is 0.278. The van der Waals surface area contributed by atoms with Crippen LogP contribution in [0.3, 0.4) is 0 Å². The first kappa shape index (κ1) is 18.5. The Labute approximate surface area is 161 Å². The van der Waals surface area contributed by atoms with Gasteiger partial charge >= 0.3 is 0 Å². The van der Waals surface area contributed by atoms with Crippen molar-refractivity contribution in [3.63, 3.8) is 0 Å². The summed E-state index contributed by atoms with van der Waals surface area (Å²) in [5.74, 6) is 0.340. The van der Waals surface area contributed by atoms with Crippen LogP contribution in [0.5, 0.6) is 0 Å². The highest BCUT2D eigenvalue weighted by molar-refractivity contribution is 7.89. The van der Waals surface area contributed by atoms with Crippen LogP contribution in [0.4, 0.5) is 0 Å². The summed E-state index contributed by atoms with van der Waals surface area (Å²) < 4.78 is 33.6. The van der Waals surface area contributed by atoms with E-state index in [4.69, 9.17) is 4.42 Å². The molecule has 3 aromatic rings. The molecule has 146 valence electrons. The highest BCUT2D eigenvalue weighted by Gasteiger charge is 2.28. The molecule has 0 spiro atoms. The zero-order chi connectivity index (χ0) is 19.6. The van der Waals surface area contributed by atoms with Crippen molar-refractivity contribution in [3.8, 4) is 11.5 Å². The Morgan fingerprint density at radius 2 is 1.75 bits per heavy atom. The van der Waals surface area contributed by atoms with Gasteiger partial charge in [0, 0.05) is 38.4 Å². The van der Waals surface area contributed by atoms with Crippen LogP contribution in [0, 0.1) is 0 Å². The van der Waals surface area contributed by atoms with Crippen molar-refractivity contribution >= 4 is 10.0 Å². The van der Waals surface area contributed by atoms with E-state index >= 15 is 0 Å². The fourth-order valence-electron chi connectivity index (χ4n) is 3.14. The van der Waals surface area contributed by atoms with Crippen molar-refractivity contribution in [2.24, 2.45) is 0 Å². The molecule has 3 heterocycles. The number of aromatic nitrogens is 3. The Bertz CT molecular complexity index is 1090. The van der Waals surface area contributed by atoms with E-state index in [0.717, 1.165) is 0 Å². The molecule has 2 aromatic heterocycles. The maximum absolute atomic E-state index is 12.7. The monoisotopic (exact) mass is 401 g/mol. The summed E-state index contributed by atoms with van der Waals surface area (Å²) in [6.07, 6.45) is 2.90. The Hall–Kier alpha value is -2.82. The molecule has 0 N–H and O–H groups in total. The molecule has 0 radical (unpaired) electrons. The Balaban J connectivity index is 1.44. The molecule has 10 heteroatoms. The second-order valence-electron chi connectivity index (χ2n) is 6.45. The third-order valence-corrected chi connectivity index (χ3v) is 6.57. The molecule has 0 aliphatic carbocycles. The first-order valence-electron chi connectivity index (χ1n) is 8.79. The minimum Gasteiger partial charge on any atom is -0.423 e. The highest BCUT2D eigenvalue weighted by atomic mass is 32.2. The normalized spacial score (nSPS) is 16.3. The maximum Gasteiger partial charge on any atom is 0.251 e. The Morgan fingerprint density at radius 3 is 2.43 bits per heavy atom. The molecule has 9 nitrogen and oxygen atoms in total. The number of nitrogens with zero attached hydrogens (tertiary/aromatic N) is 5. The predicted octanol–water partition coefficient (Wildman–Crippen LogP) is 0.862. The molecule has 1 saturated heterocycles. The van der Waals surface area contributed by atoms with E-state index in [1.165, 1.54) is 16.8 Å². The third kappa shape index (κ3) is 3.75. The van der Waals surface area contributed by atoms with Gasteiger partial charge in [-0.1, -0.05) is 18.2 Å². The van der Waals surface area contributed by atoms with Crippen molar-refractivity contribution in [3.05, 3.63) is 65.4 Å². The summed E-state index contributed by atoms with van der Waals surface area (Å²) in [5.41, 5.74) is 0.505. The number of pyridine rings is 1. The van der Waals surface area contributed by atoms with Gasteiger partial charge in [-0.15, -0.1) is 10.2 Å². The number of sulfonamides is 1. The van der Waals surface area contributed by atoms with Crippen LogP contribution in [0.2, 0.25) is 0 Å². The molecule has 28 heavy (non-hydrogen) atoms. The third-order valence-electron chi connectivity index (χ3n) is 4.66. The van der Waals surface area contributed by atoms with E-state index in [1.54, 1.807) is 47.2 Å².